The lowest BCUT2D eigenvalue weighted by Gasteiger charge is -1.93. The van der Waals surface area contributed by atoms with Crippen molar-refractivity contribution in [2.75, 3.05) is 0 Å². The molecule has 1 heterocycles. The van der Waals surface area contributed by atoms with E-state index in [9.17, 15) is 0 Å². The molecule has 1 rings (SSSR count). The molecule has 0 spiro atoms. The van der Waals surface area contributed by atoms with Crippen molar-refractivity contribution in [1.29, 1.82) is 0 Å². The average Bonchev–Trinajstić information content (AvgIpc) is 2.42. The molecule has 0 aromatic carbocycles. The van der Waals surface area contributed by atoms with Crippen molar-refractivity contribution in [2.24, 2.45) is 0 Å². The zero-order valence-corrected chi connectivity index (χ0v) is 7.65. The molecule has 0 unspecified atom stereocenters. The fourth-order valence-corrected chi connectivity index (χ4v) is 1.18. The van der Waals surface area contributed by atoms with Crippen molar-refractivity contribution in [1.82, 2.24) is 9.97 Å². The van der Waals surface area contributed by atoms with Crippen molar-refractivity contribution in [3.8, 4) is 12.3 Å². The molecule has 0 radical (unpaired) electrons. The maximum atomic E-state index is 5.31. The number of aromatic amines is 1. The lowest BCUT2D eigenvalue weighted by molar-refractivity contribution is 0.778. The van der Waals surface area contributed by atoms with E-state index in [1.807, 2.05) is 6.92 Å². The first-order valence-corrected chi connectivity index (χ1v) is 4.30. The summed E-state index contributed by atoms with van der Waals surface area (Å²) in [4.78, 5) is 7.38. The first-order chi connectivity index (χ1) is 5.77. The predicted molar refractivity (Wildman–Crippen MR) is 49.9 cm³/mol. The SMILES string of the molecule is C#Cc1[nH]c(C)nc1CCCC. The number of unbranched alkanes of at least 4 members (excludes halogenated alkanes) is 1. The summed E-state index contributed by atoms with van der Waals surface area (Å²) in [5, 5.41) is 0. The van der Waals surface area contributed by atoms with E-state index in [4.69, 9.17) is 6.42 Å². The Balaban J connectivity index is 2.77. The summed E-state index contributed by atoms with van der Waals surface area (Å²) in [6.45, 7) is 4.09. The number of aromatic nitrogens is 2. The fourth-order valence-electron chi connectivity index (χ4n) is 1.18. The summed E-state index contributed by atoms with van der Waals surface area (Å²) >= 11 is 0. The molecule has 0 aliphatic rings. The molecule has 0 atom stereocenters. The van der Waals surface area contributed by atoms with Crippen molar-refractivity contribution in [3.63, 3.8) is 0 Å². The largest absolute Gasteiger partial charge is 0.336 e. The third-order valence-corrected chi connectivity index (χ3v) is 1.81. The van der Waals surface area contributed by atoms with Crippen LogP contribution in [0.1, 0.15) is 37.0 Å². The molecule has 2 heteroatoms. The number of H-pyrrole nitrogens is 1. The molecule has 12 heavy (non-hydrogen) atoms. The Morgan fingerprint density at radius 2 is 2.33 bits per heavy atom. The number of rotatable bonds is 3. The minimum absolute atomic E-state index is 0.848. The average molecular weight is 162 g/mol. The molecular weight excluding hydrogens is 148 g/mol. The predicted octanol–water partition coefficient (Wildman–Crippen LogP) is 2.04. The van der Waals surface area contributed by atoms with Crippen LogP contribution in [-0.2, 0) is 6.42 Å². The molecule has 1 aromatic rings. The number of nitrogens with one attached hydrogen (secondary N) is 1. The molecular formula is C10H14N2. The monoisotopic (exact) mass is 162 g/mol. The Bertz CT molecular complexity index is 291. The highest BCUT2D eigenvalue weighted by molar-refractivity contribution is 5.30. The highest BCUT2D eigenvalue weighted by Gasteiger charge is 2.03. The Morgan fingerprint density at radius 1 is 1.58 bits per heavy atom. The molecule has 0 saturated carbocycles. The molecule has 0 saturated heterocycles. The van der Waals surface area contributed by atoms with Gasteiger partial charge in [-0.1, -0.05) is 19.3 Å². The minimum Gasteiger partial charge on any atom is -0.336 e. The smallest absolute Gasteiger partial charge is 0.112 e. The van der Waals surface area contributed by atoms with Gasteiger partial charge in [-0.25, -0.2) is 4.98 Å². The van der Waals surface area contributed by atoms with Crippen LogP contribution < -0.4 is 0 Å². The van der Waals surface area contributed by atoms with Crippen LogP contribution in [0.5, 0.6) is 0 Å². The Labute approximate surface area is 73.4 Å². The van der Waals surface area contributed by atoms with E-state index in [0.717, 1.165) is 30.1 Å². The number of hydrogen-bond acceptors (Lipinski definition) is 1. The van der Waals surface area contributed by atoms with Gasteiger partial charge in [-0.15, -0.1) is 6.42 Å². The number of aryl methyl sites for hydroxylation is 2. The van der Waals surface area contributed by atoms with Gasteiger partial charge < -0.3 is 4.98 Å². The van der Waals surface area contributed by atoms with Gasteiger partial charge >= 0.3 is 0 Å². The number of terminal acetylenes is 1. The van der Waals surface area contributed by atoms with Gasteiger partial charge in [-0.2, -0.15) is 0 Å². The van der Waals surface area contributed by atoms with Crippen molar-refractivity contribution in [2.45, 2.75) is 33.1 Å². The van der Waals surface area contributed by atoms with Gasteiger partial charge in [-0.3, -0.25) is 0 Å². The number of nitrogens with zero attached hydrogens (tertiary/aromatic N) is 1. The molecule has 1 N–H and O–H groups in total. The van der Waals surface area contributed by atoms with Crippen LogP contribution >= 0.6 is 0 Å². The summed E-state index contributed by atoms with van der Waals surface area (Å²) in [6, 6.07) is 0. The van der Waals surface area contributed by atoms with E-state index in [0.29, 0.717) is 0 Å². The van der Waals surface area contributed by atoms with Crippen LogP contribution in [0.15, 0.2) is 0 Å². The molecule has 0 fully saturated rings. The minimum atomic E-state index is 0.848. The highest BCUT2D eigenvalue weighted by Crippen LogP contribution is 2.07. The fraction of sp³-hybridized carbons (Fsp3) is 0.500. The maximum Gasteiger partial charge on any atom is 0.112 e. The zero-order chi connectivity index (χ0) is 8.97. The summed E-state index contributed by atoms with van der Waals surface area (Å²) < 4.78 is 0. The first-order valence-electron chi connectivity index (χ1n) is 4.30. The van der Waals surface area contributed by atoms with Gasteiger partial charge in [0.25, 0.3) is 0 Å². The maximum absolute atomic E-state index is 5.31. The number of hydrogen-bond donors (Lipinski definition) is 1. The van der Waals surface area contributed by atoms with Gasteiger partial charge in [0, 0.05) is 0 Å². The number of imidazole rings is 1. The second-order valence-electron chi connectivity index (χ2n) is 2.89. The normalized spacial score (nSPS) is 9.75. The molecule has 0 aliphatic heterocycles. The van der Waals surface area contributed by atoms with Gasteiger partial charge in [0.1, 0.15) is 11.5 Å². The van der Waals surface area contributed by atoms with Crippen molar-refractivity contribution >= 4 is 0 Å². The lowest BCUT2D eigenvalue weighted by Crippen LogP contribution is -1.88. The topological polar surface area (TPSA) is 28.7 Å². The molecule has 1 aromatic heterocycles. The third kappa shape index (κ3) is 1.88. The summed E-state index contributed by atoms with van der Waals surface area (Å²) in [5.41, 5.74) is 1.89. The van der Waals surface area contributed by atoms with Gasteiger partial charge in [0.05, 0.1) is 5.69 Å². The molecule has 2 nitrogen and oxygen atoms in total. The van der Waals surface area contributed by atoms with Crippen LogP contribution in [0, 0.1) is 19.3 Å². The Hall–Kier alpha value is -1.23. The molecule has 64 valence electrons. The summed E-state index contributed by atoms with van der Waals surface area (Å²) in [6.07, 6.45) is 8.63. The highest BCUT2D eigenvalue weighted by atomic mass is 14.9. The van der Waals surface area contributed by atoms with Gasteiger partial charge in [0.15, 0.2) is 0 Å². The molecule has 0 aliphatic carbocycles. The van der Waals surface area contributed by atoms with E-state index >= 15 is 0 Å². The van der Waals surface area contributed by atoms with Crippen LogP contribution in [0.4, 0.5) is 0 Å². The van der Waals surface area contributed by atoms with E-state index in [-0.39, 0.29) is 0 Å². The van der Waals surface area contributed by atoms with Gasteiger partial charge in [0.2, 0.25) is 0 Å². The molecule has 0 amide bonds. The zero-order valence-electron chi connectivity index (χ0n) is 7.65. The van der Waals surface area contributed by atoms with E-state index in [2.05, 4.69) is 22.8 Å². The van der Waals surface area contributed by atoms with Gasteiger partial charge in [-0.05, 0) is 19.8 Å². The first kappa shape index (κ1) is 8.86. The van der Waals surface area contributed by atoms with Crippen molar-refractivity contribution in [3.05, 3.63) is 17.2 Å². The quantitative estimate of drug-likeness (QED) is 0.677. The van der Waals surface area contributed by atoms with E-state index in [1.54, 1.807) is 0 Å². The lowest BCUT2D eigenvalue weighted by atomic mass is 10.2. The van der Waals surface area contributed by atoms with Crippen LogP contribution in [-0.4, -0.2) is 9.97 Å². The summed E-state index contributed by atoms with van der Waals surface area (Å²) in [5.74, 6) is 3.52. The Kier molecular flexibility index (Phi) is 2.93. The van der Waals surface area contributed by atoms with Crippen molar-refractivity contribution < 1.29 is 0 Å². The Morgan fingerprint density at radius 3 is 2.92 bits per heavy atom. The second kappa shape index (κ2) is 3.96. The van der Waals surface area contributed by atoms with Crippen LogP contribution in [0.25, 0.3) is 0 Å². The van der Waals surface area contributed by atoms with E-state index < -0.39 is 0 Å². The van der Waals surface area contributed by atoms with E-state index in [1.165, 1.54) is 6.42 Å². The standard InChI is InChI=1S/C10H14N2/c1-4-6-7-10-9(5-2)11-8(3)12-10/h2H,4,6-7H2,1,3H3,(H,11,12). The van der Waals surface area contributed by atoms with Crippen LogP contribution in [0.3, 0.4) is 0 Å². The molecule has 0 bridgehead atoms. The third-order valence-electron chi connectivity index (χ3n) is 1.81. The summed E-state index contributed by atoms with van der Waals surface area (Å²) in [7, 11) is 0. The second-order valence-corrected chi connectivity index (χ2v) is 2.89. The van der Waals surface area contributed by atoms with Crippen LogP contribution in [0.2, 0.25) is 0 Å².